The molecule has 2 atom stereocenters. The predicted octanol–water partition coefficient (Wildman–Crippen LogP) is 3.95. The Balaban J connectivity index is 1.86. The third-order valence-corrected chi connectivity index (χ3v) is 8.15. The lowest BCUT2D eigenvalue weighted by Gasteiger charge is -2.20. The van der Waals surface area contributed by atoms with Crippen LogP contribution < -0.4 is 26.0 Å². The normalized spacial score (nSPS) is 19.2. The van der Waals surface area contributed by atoms with E-state index in [1.54, 1.807) is 12.3 Å². The molecule has 38 heavy (non-hydrogen) atoms. The Morgan fingerprint density at radius 2 is 1.53 bits per heavy atom. The molecule has 5 N–H and O–H groups in total. The molecule has 0 saturated heterocycles. The number of benzene rings is 1. The summed E-state index contributed by atoms with van der Waals surface area (Å²) in [7, 11) is -3.86. The van der Waals surface area contributed by atoms with Crippen molar-refractivity contribution in [1.29, 1.82) is 0 Å². The fourth-order valence-electron chi connectivity index (χ4n) is 4.87. The lowest BCUT2D eigenvalue weighted by molar-refractivity contribution is 0.231. The van der Waals surface area contributed by atoms with E-state index < -0.39 is 22.1 Å². The topological polar surface area (TPSA) is 141 Å². The molecule has 0 spiro atoms. The van der Waals surface area contributed by atoms with E-state index in [4.69, 9.17) is 0 Å². The van der Waals surface area contributed by atoms with E-state index in [9.17, 15) is 18.0 Å². The molecule has 1 fully saturated rings. The molecular formula is C27H40N6O4S. The van der Waals surface area contributed by atoms with Crippen molar-refractivity contribution in [3.8, 4) is 0 Å². The van der Waals surface area contributed by atoms with Gasteiger partial charge in [0, 0.05) is 47.2 Å². The van der Waals surface area contributed by atoms with Crippen molar-refractivity contribution in [2.45, 2.75) is 95.8 Å². The number of nitrogens with zero attached hydrogens (tertiary/aromatic N) is 1. The first-order chi connectivity index (χ1) is 17.9. The van der Waals surface area contributed by atoms with E-state index in [0.29, 0.717) is 35.2 Å². The fraction of sp³-hybridized carbons (Fsp3) is 0.593. The second-order valence-corrected chi connectivity index (χ2v) is 13.2. The van der Waals surface area contributed by atoms with Gasteiger partial charge in [-0.3, -0.25) is 4.98 Å². The molecule has 4 rings (SSSR count). The van der Waals surface area contributed by atoms with Crippen molar-refractivity contribution >= 4 is 32.9 Å². The number of carbonyl (C=O) groups excluding carboxylic acids is 2. The quantitative estimate of drug-likeness (QED) is 0.325. The smallest absolute Gasteiger partial charge is 0.315 e. The van der Waals surface area contributed by atoms with Crippen molar-refractivity contribution in [3.63, 3.8) is 0 Å². The molecule has 10 nitrogen and oxygen atoms in total. The predicted molar refractivity (Wildman–Crippen MR) is 147 cm³/mol. The van der Waals surface area contributed by atoms with Crippen molar-refractivity contribution in [1.82, 2.24) is 31.0 Å². The Labute approximate surface area is 225 Å². The summed E-state index contributed by atoms with van der Waals surface area (Å²) in [6, 6.07) is 1.81. The lowest BCUT2D eigenvalue weighted by atomic mass is 9.98. The molecule has 0 aliphatic heterocycles. The van der Waals surface area contributed by atoms with E-state index in [1.807, 2.05) is 47.6 Å². The number of amides is 4. The first-order valence-electron chi connectivity index (χ1n) is 13.5. The van der Waals surface area contributed by atoms with Crippen LogP contribution in [0.15, 0.2) is 23.2 Å². The molecule has 1 aromatic heterocycles. The molecule has 2 aliphatic carbocycles. The van der Waals surface area contributed by atoms with Crippen LogP contribution in [0.4, 0.5) is 9.59 Å². The van der Waals surface area contributed by atoms with Crippen molar-refractivity contribution in [2.75, 3.05) is 6.54 Å². The van der Waals surface area contributed by atoms with Gasteiger partial charge in [-0.2, -0.15) is 0 Å². The van der Waals surface area contributed by atoms with Crippen molar-refractivity contribution in [3.05, 3.63) is 35.2 Å². The van der Waals surface area contributed by atoms with Gasteiger partial charge in [-0.25, -0.2) is 22.7 Å². The lowest BCUT2D eigenvalue weighted by Crippen LogP contribution is -2.42. The van der Waals surface area contributed by atoms with Gasteiger partial charge in [-0.05, 0) is 76.1 Å². The Bertz CT molecular complexity index is 1320. The molecule has 208 valence electrons. The Kier molecular flexibility index (Phi) is 8.17. The maximum Gasteiger partial charge on any atom is 0.315 e. The minimum Gasteiger partial charge on any atom is -0.336 e. The largest absolute Gasteiger partial charge is 0.336 e. The summed E-state index contributed by atoms with van der Waals surface area (Å²) >= 11 is 0. The monoisotopic (exact) mass is 544 g/mol. The van der Waals surface area contributed by atoms with E-state index in [-0.39, 0.29) is 35.0 Å². The Hall–Kier alpha value is -2.92. The number of hydrogen-bond donors (Lipinski definition) is 5. The van der Waals surface area contributed by atoms with Crippen LogP contribution >= 0.6 is 0 Å². The van der Waals surface area contributed by atoms with Crippen LogP contribution in [-0.4, -0.2) is 44.1 Å². The summed E-state index contributed by atoms with van der Waals surface area (Å²) < 4.78 is 29.9. The summed E-state index contributed by atoms with van der Waals surface area (Å²) in [6.45, 7) is 11.7. The minimum absolute atomic E-state index is 0.0549. The molecular weight excluding hydrogens is 504 g/mol. The molecule has 0 bridgehead atoms. The van der Waals surface area contributed by atoms with Gasteiger partial charge in [0.25, 0.3) is 0 Å². The molecule has 1 saturated carbocycles. The average molecular weight is 545 g/mol. The first-order valence-corrected chi connectivity index (χ1v) is 14.9. The van der Waals surface area contributed by atoms with Crippen LogP contribution in [-0.2, 0) is 10.0 Å². The van der Waals surface area contributed by atoms with E-state index in [1.165, 1.54) is 0 Å². The van der Waals surface area contributed by atoms with Gasteiger partial charge in [0.05, 0.1) is 17.0 Å². The first kappa shape index (κ1) is 28.1. The Morgan fingerprint density at radius 3 is 2.08 bits per heavy atom. The summed E-state index contributed by atoms with van der Waals surface area (Å²) in [4.78, 5) is 30.2. The molecule has 4 amide bonds. The Morgan fingerprint density at radius 1 is 0.921 bits per heavy atom. The number of pyridine rings is 1. The number of hydrogen-bond acceptors (Lipinski definition) is 5. The number of rotatable bonds is 9. The van der Waals surface area contributed by atoms with Crippen LogP contribution in [0.5, 0.6) is 0 Å². The van der Waals surface area contributed by atoms with E-state index >= 15 is 0 Å². The zero-order valence-corrected chi connectivity index (χ0v) is 23.8. The fourth-order valence-corrected chi connectivity index (χ4v) is 6.32. The molecule has 1 aromatic carbocycles. The maximum atomic E-state index is 13.6. The second kappa shape index (κ2) is 11.1. The highest BCUT2D eigenvalue weighted by Crippen LogP contribution is 2.46. The van der Waals surface area contributed by atoms with E-state index in [2.05, 4.69) is 31.0 Å². The van der Waals surface area contributed by atoms with Crippen molar-refractivity contribution in [2.24, 2.45) is 5.92 Å². The third-order valence-electron chi connectivity index (χ3n) is 6.69. The van der Waals surface area contributed by atoms with Crippen LogP contribution in [0.3, 0.4) is 0 Å². The van der Waals surface area contributed by atoms with Crippen molar-refractivity contribution < 1.29 is 18.0 Å². The highest BCUT2D eigenvalue weighted by atomic mass is 32.2. The van der Waals surface area contributed by atoms with Gasteiger partial charge >= 0.3 is 12.1 Å². The number of aromatic nitrogens is 1. The van der Waals surface area contributed by atoms with Gasteiger partial charge in [0.2, 0.25) is 10.0 Å². The maximum absolute atomic E-state index is 13.6. The summed E-state index contributed by atoms with van der Waals surface area (Å²) in [6.07, 6.45) is 4.19. The van der Waals surface area contributed by atoms with Gasteiger partial charge in [-0.1, -0.05) is 13.8 Å². The highest BCUT2D eigenvalue weighted by molar-refractivity contribution is 7.89. The van der Waals surface area contributed by atoms with E-state index in [0.717, 1.165) is 24.1 Å². The summed E-state index contributed by atoms with van der Waals surface area (Å²) in [5.41, 5.74) is 2.33. The number of sulfonamides is 1. The molecule has 11 heteroatoms. The van der Waals surface area contributed by atoms with Gasteiger partial charge < -0.3 is 21.3 Å². The summed E-state index contributed by atoms with van der Waals surface area (Å²) in [5.74, 6) is 0.475. The van der Waals surface area contributed by atoms with Crippen LogP contribution in [0, 0.1) is 5.92 Å². The molecule has 2 aliphatic rings. The zero-order chi connectivity index (χ0) is 27.8. The zero-order valence-electron chi connectivity index (χ0n) is 23.0. The van der Waals surface area contributed by atoms with Gasteiger partial charge in [0.1, 0.15) is 0 Å². The van der Waals surface area contributed by atoms with Crippen LogP contribution in [0.25, 0.3) is 10.8 Å². The van der Waals surface area contributed by atoms with Crippen LogP contribution in [0.1, 0.15) is 95.6 Å². The average Bonchev–Trinajstić information content (AvgIpc) is 3.60. The highest BCUT2D eigenvalue weighted by Gasteiger charge is 2.37. The van der Waals surface area contributed by atoms with Gasteiger partial charge in [0.15, 0.2) is 0 Å². The van der Waals surface area contributed by atoms with Gasteiger partial charge in [-0.15, -0.1) is 0 Å². The second-order valence-electron chi connectivity index (χ2n) is 11.4. The number of fused-ring (bicyclic) bond motifs is 3. The minimum atomic E-state index is -3.86. The molecule has 0 radical (unpaired) electrons. The molecule has 1 heterocycles. The number of nitrogens with one attached hydrogen (secondary N) is 5. The third kappa shape index (κ3) is 6.37. The standard InChI is InChI=1S/C27H40N6O4S/c1-14(2)12-29-38(36,37)24-10-19-22(32-26(34)30-15(3)4)11-23(33-27(35)31-16(5)6)25(19)20-13-28-21(9-18(20)24)17-7-8-17/h9-10,13-17,22-23,29H,7-8,11-12H2,1-6H3,(H2,30,32,34)(H2,31,33,35). The van der Waals surface area contributed by atoms with Crippen LogP contribution in [0.2, 0.25) is 0 Å². The summed E-state index contributed by atoms with van der Waals surface area (Å²) in [5, 5.41) is 13.0. The number of carbonyl (C=O) groups is 2. The molecule has 2 unspecified atom stereocenters. The molecule has 2 aromatic rings. The number of urea groups is 2. The SMILES string of the molecule is CC(C)CNS(=O)(=O)c1cc2c(c3cnc(C4CC4)cc13)C(NC(=O)NC(C)C)CC2NC(=O)NC(C)C.